The van der Waals surface area contributed by atoms with E-state index >= 15 is 0 Å². The number of carboxylic acids is 1. The maximum atomic E-state index is 12.2. The third-order valence-corrected chi connectivity index (χ3v) is 6.92. The van der Waals surface area contributed by atoms with Crippen molar-refractivity contribution in [2.75, 3.05) is 39.5 Å². The molecular formula is C25H26N2O6. The van der Waals surface area contributed by atoms with Crippen molar-refractivity contribution in [2.45, 2.75) is 5.92 Å². The van der Waals surface area contributed by atoms with E-state index in [4.69, 9.17) is 14.6 Å². The molecule has 5 rings (SSSR count). The minimum Gasteiger partial charge on any atom is -0.481 e. The average Bonchev–Trinajstić information content (AvgIpc) is 3.18. The molecule has 1 unspecified atom stereocenters. The first-order chi connectivity index (χ1) is 16.0. The second-order valence-electron chi connectivity index (χ2n) is 8.80. The van der Waals surface area contributed by atoms with Gasteiger partial charge in [-0.25, -0.2) is 4.79 Å². The van der Waals surface area contributed by atoms with Crippen LogP contribution in [0.4, 0.5) is 4.79 Å². The summed E-state index contributed by atoms with van der Waals surface area (Å²) >= 11 is 0. The van der Waals surface area contributed by atoms with E-state index in [1.807, 2.05) is 24.3 Å². The van der Waals surface area contributed by atoms with Gasteiger partial charge >= 0.3 is 12.1 Å². The van der Waals surface area contributed by atoms with Crippen molar-refractivity contribution in [1.29, 1.82) is 0 Å². The van der Waals surface area contributed by atoms with E-state index in [0.29, 0.717) is 13.1 Å². The average molecular weight is 450 g/mol. The van der Waals surface area contributed by atoms with E-state index in [-0.39, 0.29) is 55.9 Å². The van der Waals surface area contributed by atoms with Crippen molar-refractivity contribution >= 4 is 18.0 Å². The highest BCUT2D eigenvalue weighted by molar-refractivity contribution is 5.80. The van der Waals surface area contributed by atoms with Crippen molar-refractivity contribution in [3.63, 3.8) is 0 Å². The number of rotatable bonds is 8. The molecule has 8 heteroatoms. The number of hydrogen-bond donors (Lipinski definition) is 2. The number of piperidine rings is 1. The van der Waals surface area contributed by atoms with Gasteiger partial charge in [-0.1, -0.05) is 48.5 Å². The summed E-state index contributed by atoms with van der Waals surface area (Å²) in [5, 5.41) is 11.7. The number of carbonyl (C=O) groups is 3. The van der Waals surface area contributed by atoms with Crippen molar-refractivity contribution in [3.8, 4) is 11.1 Å². The number of carboxylic acid groups (broad SMARTS) is 1. The summed E-state index contributed by atoms with van der Waals surface area (Å²) in [5.41, 5.74) is 4.66. The van der Waals surface area contributed by atoms with Gasteiger partial charge in [-0.2, -0.15) is 0 Å². The monoisotopic (exact) mass is 450 g/mol. The van der Waals surface area contributed by atoms with Gasteiger partial charge in [0.05, 0.1) is 12.5 Å². The van der Waals surface area contributed by atoms with E-state index < -0.39 is 12.1 Å². The molecule has 2 aromatic rings. The fraction of sp³-hybridized carbons (Fsp3) is 0.400. The highest BCUT2D eigenvalue weighted by atomic mass is 16.5. The van der Waals surface area contributed by atoms with E-state index in [1.54, 1.807) is 4.90 Å². The predicted molar refractivity (Wildman–Crippen MR) is 119 cm³/mol. The normalized spacial score (nSPS) is 22.3. The number of alkyl carbamates (subject to hydrolysis) is 1. The lowest BCUT2D eigenvalue weighted by Gasteiger charge is -2.19. The highest BCUT2D eigenvalue weighted by Crippen LogP contribution is 2.51. The molecule has 0 spiro atoms. The number of amides is 2. The van der Waals surface area contributed by atoms with Gasteiger partial charge in [-0.15, -0.1) is 0 Å². The van der Waals surface area contributed by atoms with Crippen LogP contribution in [-0.4, -0.2) is 67.4 Å². The highest BCUT2D eigenvalue weighted by Gasteiger charge is 2.60. The molecular weight excluding hydrogens is 424 g/mol. The second-order valence-corrected chi connectivity index (χ2v) is 8.80. The molecule has 3 aliphatic rings. The van der Waals surface area contributed by atoms with Gasteiger partial charge in [-0.3, -0.25) is 9.59 Å². The standard InChI is InChI=1S/C25H26N2O6/c28-22(27-11-19-20(12-27)23(19)24(29)30)14-32-10-9-26-25(31)33-13-21-17-7-3-1-5-15(17)16-6-2-4-8-18(16)21/h1-8,19-21,23H,9-14H2,(H,26,31)(H,29,30)/t19-,20+,23?. The molecule has 1 saturated carbocycles. The maximum absolute atomic E-state index is 12.2. The van der Waals surface area contributed by atoms with E-state index in [2.05, 4.69) is 29.6 Å². The van der Waals surface area contributed by atoms with Crippen LogP contribution in [0.25, 0.3) is 11.1 Å². The van der Waals surface area contributed by atoms with Crippen LogP contribution in [0.3, 0.4) is 0 Å². The largest absolute Gasteiger partial charge is 0.481 e. The quantitative estimate of drug-likeness (QED) is 0.598. The number of benzene rings is 2. The Morgan fingerprint density at radius 1 is 0.970 bits per heavy atom. The summed E-state index contributed by atoms with van der Waals surface area (Å²) in [6.45, 7) is 1.56. The molecule has 3 atom stereocenters. The molecule has 8 nitrogen and oxygen atoms in total. The molecule has 1 saturated heterocycles. The van der Waals surface area contributed by atoms with Crippen molar-refractivity contribution in [2.24, 2.45) is 17.8 Å². The Balaban J connectivity index is 1.01. The van der Waals surface area contributed by atoms with Crippen LogP contribution in [0.1, 0.15) is 17.0 Å². The Kier molecular flexibility index (Phi) is 5.76. The minimum absolute atomic E-state index is 0.00409. The number of nitrogens with zero attached hydrogens (tertiary/aromatic N) is 1. The molecule has 2 aromatic carbocycles. The summed E-state index contributed by atoms with van der Waals surface area (Å²) in [6, 6.07) is 16.3. The van der Waals surface area contributed by atoms with Crippen molar-refractivity contribution in [1.82, 2.24) is 10.2 Å². The molecule has 2 N–H and O–H groups in total. The third kappa shape index (κ3) is 4.18. The number of fused-ring (bicyclic) bond motifs is 4. The lowest BCUT2D eigenvalue weighted by Crippen LogP contribution is -2.36. The summed E-state index contributed by atoms with van der Waals surface area (Å²) in [6.07, 6.45) is -0.522. The predicted octanol–water partition coefficient (Wildman–Crippen LogP) is 2.33. The number of ether oxygens (including phenoxy) is 2. The SMILES string of the molecule is O=C(NCCOCC(=O)N1C[C@@H]2C(C(=O)O)[C@@H]2C1)OCC1c2ccccc2-c2ccccc21. The van der Waals surface area contributed by atoms with Crippen molar-refractivity contribution in [3.05, 3.63) is 59.7 Å². The number of aliphatic carboxylic acids is 1. The molecule has 33 heavy (non-hydrogen) atoms. The van der Waals surface area contributed by atoms with Crippen LogP contribution in [0.2, 0.25) is 0 Å². The zero-order valence-corrected chi connectivity index (χ0v) is 18.1. The minimum atomic E-state index is -0.771. The first-order valence-electron chi connectivity index (χ1n) is 11.2. The summed E-state index contributed by atoms with van der Waals surface area (Å²) in [5.74, 6) is -1.04. The number of nitrogens with one attached hydrogen (secondary N) is 1. The lowest BCUT2D eigenvalue weighted by atomic mass is 9.98. The zero-order valence-electron chi connectivity index (χ0n) is 18.1. The molecule has 1 heterocycles. The van der Waals surface area contributed by atoms with E-state index in [0.717, 1.165) is 11.1 Å². The van der Waals surface area contributed by atoms with Gasteiger partial charge in [0.1, 0.15) is 13.2 Å². The smallest absolute Gasteiger partial charge is 0.407 e. The van der Waals surface area contributed by atoms with Crippen LogP contribution < -0.4 is 5.32 Å². The van der Waals surface area contributed by atoms with Crippen LogP contribution in [-0.2, 0) is 19.1 Å². The van der Waals surface area contributed by atoms with Gasteiger partial charge in [0.2, 0.25) is 5.91 Å². The zero-order chi connectivity index (χ0) is 22.9. The number of carbonyl (C=O) groups excluding carboxylic acids is 2. The summed E-state index contributed by atoms with van der Waals surface area (Å²) in [4.78, 5) is 37.0. The molecule has 1 aliphatic heterocycles. The fourth-order valence-corrected chi connectivity index (χ4v) is 5.22. The molecule has 0 radical (unpaired) electrons. The van der Waals surface area contributed by atoms with Gasteiger partial charge in [0.25, 0.3) is 0 Å². The summed E-state index contributed by atoms with van der Waals surface area (Å²) < 4.78 is 10.8. The topological polar surface area (TPSA) is 105 Å². The van der Waals surface area contributed by atoms with Crippen LogP contribution in [0.5, 0.6) is 0 Å². The van der Waals surface area contributed by atoms with Gasteiger partial charge < -0.3 is 24.8 Å². The number of likely N-dealkylation sites (tertiary alicyclic amines) is 1. The van der Waals surface area contributed by atoms with E-state index in [1.165, 1.54) is 11.1 Å². The Hall–Kier alpha value is -3.39. The third-order valence-electron chi connectivity index (χ3n) is 6.92. The van der Waals surface area contributed by atoms with E-state index in [9.17, 15) is 14.4 Å². The number of hydrogen-bond acceptors (Lipinski definition) is 5. The fourth-order valence-electron chi connectivity index (χ4n) is 5.22. The Morgan fingerprint density at radius 2 is 1.58 bits per heavy atom. The molecule has 2 aliphatic carbocycles. The molecule has 2 fully saturated rings. The van der Waals surface area contributed by atoms with Crippen LogP contribution in [0, 0.1) is 17.8 Å². The van der Waals surface area contributed by atoms with Crippen molar-refractivity contribution < 1.29 is 29.0 Å². The Bertz CT molecular complexity index is 1030. The van der Waals surface area contributed by atoms with Crippen LogP contribution >= 0.6 is 0 Å². The lowest BCUT2D eigenvalue weighted by molar-refractivity contribution is -0.141. The molecule has 0 bridgehead atoms. The Labute approximate surface area is 191 Å². The molecule has 2 amide bonds. The van der Waals surface area contributed by atoms with Gasteiger partial charge in [0.15, 0.2) is 0 Å². The molecule has 172 valence electrons. The Morgan fingerprint density at radius 3 is 2.18 bits per heavy atom. The van der Waals surface area contributed by atoms with Crippen LogP contribution in [0.15, 0.2) is 48.5 Å². The summed E-state index contributed by atoms with van der Waals surface area (Å²) in [7, 11) is 0. The molecule has 0 aromatic heterocycles. The first-order valence-corrected chi connectivity index (χ1v) is 11.2. The first kappa shape index (κ1) is 21.5. The maximum Gasteiger partial charge on any atom is 0.407 e. The van der Waals surface area contributed by atoms with Gasteiger partial charge in [0, 0.05) is 25.6 Å². The van der Waals surface area contributed by atoms with Gasteiger partial charge in [-0.05, 0) is 34.1 Å². The second kappa shape index (κ2) is 8.86.